The monoisotopic (exact) mass is 759 g/mol. The predicted octanol–water partition coefficient (Wildman–Crippen LogP) is 10.4. The molecule has 52 heavy (non-hydrogen) atoms. The number of esters is 2. The number of phosphoric acid groups is 1. The lowest BCUT2D eigenvalue weighted by molar-refractivity contribution is -0.161. The summed E-state index contributed by atoms with van der Waals surface area (Å²) in [5.41, 5.74) is 0. The van der Waals surface area contributed by atoms with Crippen LogP contribution in [0.5, 0.6) is 0 Å². The van der Waals surface area contributed by atoms with E-state index in [2.05, 4.69) is 54.8 Å². The zero-order valence-electron chi connectivity index (χ0n) is 32.8. The number of hydrogen-bond donors (Lipinski definition) is 3. The van der Waals surface area contributed by atoms with Crippen LogP contribution in [-0.4, -0.2) is 65.7 Å². The quantitative estimate of drug-likeness (QED) is 0.0240. The highest BCUT2D eigenvalue weighted by molar-refractivity contribution is 7.47. The highest BCUT2D eigenvalue weighted by atomic mass is 31.2. The van der Waals surface area contributed by atoms with Gasteiger partial charge in [0.15, 0.2) is 6.10 Å². The SMILES string of the molecule is CCCC/C=C/C/C=C/CCCCCCCC(=O)O[C@H](COC(=O)CCCC/C=C/CCCCCCCCCCC)COP(=O)(O)OC[C@@H](O)CO. The van der Waals surface area contributed by atoms with E-state index in [0.29, 0.717) is 12.8 Å². The first-order valence-corrected chi connectivity index (χ1v) is 21.9. The topological polar surface area (TPSA) is 149 Å². The van der Waals surface area contributed by atoms with Crippen LogP contribution in [0.3, 0.4) is 0 Å². The van der Waals surface area contributed by atoms with E-state index >= 15 is 0 Å². The number of aliphatic hydroxyl groups is 2. The second kappa shape index (κ2) is 37.5. The minimum Gasteiger partial charge on any atom is -0.462 e. The smallest absolute Gasteiger partial charge is 0.462 e. The number of unbranched alkanes of at least 4 members (excludes halogenated alkanes) is 18. The number of ether oxygens (including phenoxy) is 2. The Balaban J connectivity index is 4.38. The zero-order valence-corrected chi connectivity index (χ0v) is 33.7. The average Bonchev–Trinajstić information content (AvgIpc) is 3.13. The molecule has 0 aromatic carbocycles. The van der Waals surface area contributed by atoms with E-state index in [4.69, 9.17) is 19.1 Å². The third-order valence-electron chi connectivity index (χ3n) is 8.52. The summed E-state index contributed by atoms with van der Waals surface area (Å²) < 4.78 is 32.6. The van der Waals surface area contributed by atoms with Crippen LogP contribution in [0.4, 0.5) is 0 Å². The lowest BCUT2D eigenvalue weighted by Gasteiger charge is -2.20. The van der Waals surface area contributed by atoms with Crippen molar-refractivity contribution in [2.75, 3.05) is 26.4 Å². The van der Waals surface area contributed by atoms with Gasteiger partial charge in [-0.05, 0) is 64.2 Å². The molecular weight excluding hydrogens is 683 g/mol. The van der Waals surface area contributed by atoms with E-state index < -0.39 is 51.8 Å². The lowest BCUT2D eigenvalue weighted by atomic mass is 10.1. The van der Waals surface area contributed by atoms with Gasteiger partial charge in [-0.2, -0.15) is 0 Å². The van der Waals surface area contributed by atoms with Gasteiger partial charge in [0.2, 0.25) is 0 Å². The van der Waals surface area contributed by atoms with Crippen LogP contribution in [0.2, 0.25) is 0 Å². The molecule has 0 aliphatic carbocycles. The molecule has 1 unspecified atom stereocenters. The molecule has 0 fully saturated rings. The molecule has 0 saturated carbocycles. The van der Waals surface area contributed by atoms with E-state index in [1.54, 1.807) is 0 Å². The van der Waals surface area contributed by atoms with Crippen molar-refractivity contribution in [1.29, 1.82) is 0 Å². The number of phosphoric ester groups is 1. The summed E-state index contributed by atoms with van der Waals surface area (Å²) in [6, 6.07) is 0. The van der Waals surface area contributed by atoms with Crippen LogP contribution in [0.1, 0.15) is 174 Å². The standard InChI is InChI=1S/C41H75O10P/c1-3-5-7-9-11-13-15-17-19-21-22-24-26-28-30-32-40(44)48-36-39(37-50-52(46,47)49-35-38(43)34-42)51-41(45)33-31-29-27-25-23-20-18-16-14-12-10-8-6-4-2/h10,12,16,18,22,24,38-39,42-43H,3-9,11,13-15,17,19-21,23,25-37H2,1-2H3,(H,46,47)/b12-10+,18-16+,24-22+/t38-,39+/m0/s1. The van der Waals surface area contributed by atoms with E-state index in [0.717, 1.165) is 64.2 Å². The maximum Gasteiger partial charge on any atom is 0.472 e. The summed E-state index contributed by atoms with van der Waals surface area (Å²) in [7, 11) is -4.62. The molecule has 304 valence electrons. The van der Waals surface area contributed by atoms with Crippen molar-refractivity contribution < 1.29 is 47.8 Å². The zero-order chi connectivity index (χ0) is 38.4. The van der Waals surface area contributed by atoms with Crippen LogP contribution in [0.15, 0.2) is 36.5 Å². The van der Waals surface area contributed by atoms with E-state index in [1.807, 2.05) is 0 Å². The van der Waals surface area contributed by atoms with Crippen molar-refractivity contribution in [3.05, 3.63) is 36.5 Å². The average molecular weight is 759 g/mol. The molecule has 11 heteroatoms. The van der Waals surface area contributed by atoms with Crippen molar-refractivity contribution in [1.82, 2.24) is 0 Å². The van der Waals surface area contributed by atoms with Crippen molar-refractivity contribution in [2.45, 2.75) is 187 Å². The van der Waals surface area contributed by atoms with Crippen molar-refractivity contribution in [3.63, 3.8) is 0 Å². The van der Waals surface area contributed by atoms with E-state index in [9.17, 15) is 24.2 Å². The fourth-order valence-electron chi connectivity index (χ4n) is 5.30. The van der Waals surface area contributed by atoms with Gasteiger partial charge in [-0.25, -0.2) is 4.57 Å². The summed E-state index contributed by atoms with van der Waals surface area (Å²) in [4.78, 5) is 34.9. The Morgan fingerprint density at radius 2 is 1.02 bits per heavy atom. The fraction of sp³-hybridized carbons (Fsp3) is 0.805. The molecule has 0 heterocycles. The largest absolute Gasteiger partial charge is 0.472 e. The minimum absolute atomic E-state index is 0.164. The summed E-state index contributed by atoms with van der Waals surface area (Å²) in [5.74, 6) is -0.967. The van der Waals surface area contributed by atoms with Crippen molar-refractivity contribution in [3.8, 4) is 0 Å². The molecule has 0 rings (SSSR count). The third-order valence-corrected chi connectivity index (χ3v) is 9.47. The number of carbonyl (C=O) groups excluding carboxylic acids is 2. The highest BCUT2D eigenvalue weighted by Crippen LogP contribution is 2.43. The van der Waals surface area contributed by atoms with Gasteiger partial charge in [0.1, 0.15) is 12.7 Å². The van der Waals surface area contributed by atoms with E-state index in [-0.39, 0.29) is 19.4 Å². The van der Waals surface area contributed by atoms with Gasteiger partial charge in [0.05, 0.1) is 19.8 Å². The normalized spacial score (nSPS) is 14.3. The van der Waals surface area contributed by atoms with Gasteiger partial charge in [-0.3, -0.25) is 18.6 Å². The van der Waals surface area contributed by atoms with Gasteiger partial charge in [0, 0.05) is 12.8 Å². The Bertz CT molecular complexity index is 967. The number of hydrogen-bond acceptors (Lipinski definition) is 9. The summed E-state index contributed by atoms with van der Waals surface area (Å²) in [6.45, 7) is 2.29. The Hall–Kier alpha value is -1.81. The Kier molecular flexibility index (Phi) is 36.2. The van der Waals surface area contributed by atoms with Gasteiger partial charge in [-0.1, -0.05) is 134 Å². The Morgan fingerprint density at radius 3 is 1.60 bits per heavy atom. The first-order valence-electron chi connectivity index (χ1n) is 20.4. The molecule has 0 aliphatic heterocycles. The first kappa shape index (κ1) is 50.2. The van der Waals surface area contributed by atoms with Crippen molar-refractivity contribution >= 4 is 19.8 Å². The number of carbonyl (C=O) groups is 2. The van der Waals surface area contributed by atoms with Gasteiger partial charge < -0.3 is 24.6 Å². The molecule has 0 aromatic heterocycles. The molecule has 3 atom stereocenters. The molecule has 10 nitrogen and oxygen atoms in total. The number of rotatable bonds is 38. The first-order chi connectivity index (χ1) is 25.2. The Morgan fingerprint density at radius 1 is 0.577 bits per heavy atom. The van der Waals surface area contributed by atoms with Gasteiger partial charge in [0.25, 0.3) is 0 Å². The molecule has 0 saturated heterocycles. The van der Waals surface area contributed by atoms with Crippen LogP contribution in [0.25, 0.3) is 0 Å². The predicted molar refractivity (Wildman–Crippen MR) is 210 cm³/mol. The Labute approximate surface area is 316 Å². The molecule has 0 bridgehead atoms. The minimum atomic E-state index is -4.62. The lowest BCUT2D eigenvalue weighted by Crippen LogP contribution is -2.29. The molecule has 3 N–H and O–H groups in total. The number of aliphatic hydroxyl groups excluding tert-OH is 2. The maximum atomic E-state index is 12.6. The third kappa shape index (κ3) is 36.5. The summed E-state index contributed by atoms with van der Waals surface area (Å²) in [6.07, 6.45) is 36.8. The maximum absolute atomic E-state index is 12.6. The van der Waals surface area contributed by atoms with E-state index in [1.165, 1.54) is 70.6 Å². The van der Waals surface area contributed by atoms with Crippen LogP contribution in [-0.2, 0) is 32.7 Å². The second-order valence-corrected chi connectivity index (χ2v) is 15.1. The molecule has 0 radical (unpaired) electrons. The van der Waals surface area contributed by atoms with Crippen LogP contribution >= 0.6 is 7.82 Å². The fourth-order valence-corrected chi connectivity index (χ4v) is 6.09. The van der Waals surface area contributed by atoms with Crippen molar-refractivity contribution in [2.24, 2.45) is 0 Å². The molecule has 0 spiro atoms. The van der Waals surface area contributed by atoms with Gasteiger partial charge in [-0.15, -0.1) is 0 Å². The molecular formula is C41H75O10P. The summed E-state index contributed by atoms with van der Waals surface area (Å²) >= 11 is 0. The molecule has 0 amide bonds. The molecule has 0 aromatic rings. The van der Waals surface area contributed by atoms with Crippen LogP contribution in [0, 0.1) is 0 Å². The molecule has 0 aliphatic rings. The number of allylic oxidation sites excluding steroid dienone is 6. The van der Waals surface area contributed by atoms with Gasteiger partial charge >= 0.3 is 19.8 Å². The second-order valence-electron chi connectivity index (χ2n) is 13.7. The van der Waals surface area contributed by atoms with Crippen LogP contribution < -0.4 is 0 Å². The highest BCUT2D eigenvalue weighted by Gasteiger charge is 2.27. The summed E-state index contributed by atoms with van der Waals surface area (Å²) in [5, 5.41) is 18.3.